The molecule has 0 amide bonds. The number of carbonyl (C=O) groups is 2. The third kappa shape index (κ3) is 39.5. The summed E-state index contributed by atoms with van der Waals surface area (Å²) < 4.78 is 23.0. The van der Waals surface area contributed by atoms with Gasteiger partial charge in [-0.25, -0.2) is 0 Å². The molecule has 0 aliphatic carbocycles. The molecule has 0 heterocycles. The van der Waals surface area contributed by atoms with E-state index in [0.29, 0.717) is 52.2 Å². The molecule has 0 aromatic carbocycles. The van der Waals surface area contributed by atoms with Crippen LogP contribution in [0.2, 0.25) is 0 Å². The average Bonchev–Trinajstić information content (AvgIpc) is 3.17. The molecule has 54 heavy (non-hydrogen) atoms. The van der Waals surface area contributed by atoms with E-state index < -0.39 is 0 Å². The van der Waals surface area contributed by atoms with E-state index in [1.165, 1.54) is 19.3 Å². The van der Waals surface area contributed by atoms with Crippen molar-refractivity contribution in [1.29, 1.82) is 0 Å². The maximum Gasteiger partial charge on any atom is 0.305 e. The fraction of sp³-hybridized carbons (Fsp3) is 0.826. The van der Waals surface area contributed by atoms with Crippen LogP contribution in [-0.4, -0.2) is 80.9 Å². The van der Waals surface area contributed by atoms with Gasteiger partial charge in [-0.3, -0.25) is 9.59 Å². The molecule has 0 saturated carbocycles. The highest BCUT2D eigenvalue weighted by Crippen LogP contribution is 2.12. The van der Waals surface area contributed by atoms with Crippen molar-refractivity contribution in [2.24, 2.45) is 0 Å². The predicted molar refractivity (Wildman–Crippen MR) is 224 cm³/mol. The van der Waals surface area contributed by atoms with Crippen molar-refractivity contribution in [2.45, 2.75) is 193 Å². The fourth-order valence-electron chi connectivity index (χ4n) is 6.13. The highest BCUT2D eigenvalue weighted by molar-refractivity contribution is 5.69. The number of allylic oxidation sites excluding steroid dienone is 4. The number of rotatable bonds is 42. The number of ether oxygens (including phenoxy) is 4. The Morgan fingerprint density at radius 1 is 0.574 bits per heavy atom. The van der Waals surface area contributed by atoms with Crippen LogP contribution in [0.5, 0.6) is 0 Å². The zero-order valence-corrected chi connectivity index (χ0v) is 35.1. The molecule has 0 aromatic rings. The number of hydrogen-bond acceptors (Lipinski definition) is 8. The van der Waals surface area contributed by atoms with E-state index in [9.17, 15) is 14.7 Å². The van der Waals surface area contributed by atoms with Crippen molar-refractivity contribution in [3.05, 3.63) is 24.3 Å². The van der Waals surface area contributed by atoms with Gasteiger partial charge in [-0.2, -0.15) is 0 Å². The standard InChI is InChI=1S/C46H83NO7/c1-4-7-10-13-16-17-24-29-40-51-44(49)33-26-19-18-20-27-36-47(38-39-48)37-28-21-25-30-41-52-45(50)34-35-46(53-42-31-22-14-11-8-5-2)54-43-32-23-15-12-9-6-3/h1,8-9,11-12,46,48H,5-7,10,13-43H2,2-3H3/b11-8-,12-9-. The van der Waals surface area contributed by atoms with Crippen LogP contribution in [-0.2, 0) is 28.5 Å². The van der Waals surface area contributed by atoms with Gasteiger partial charge >= 0.3 is 11.9 Å². The van der Waals surface area contributed by atoms with Crippen molar-refractivity contribution in [2.75, 3.05) is 52.7 Å². The van der Waals surface area contributed by atoms with Crippen molar-refractivity contribution in [3.63, 3.8) is 0 Å². The summed E-state index contributed by atoms with van der Waals surface area (Å²) in [4.78, 5) is 26.8. The highest BCUT2D eigenvalue weighted by atomic mass is 16.7. The first-order valence-electron chi connectivity index (χ1n) is 22.2. The fourth-order valence-corrected chi connectivity index (χ4v) is 6.13. The van der Waals surface area contributed by atoms with Gasteiger partial charge in [0.15, 0.2) is 6.29 Å². The van der Waals surface area contributed by atoms with E-state index in [2.05, 4.69) is 49.0 Å². The zero-order chi connectivity index (χ0) is 39.4. The molecule has 0 radical (unpaired) electrons. The molecule has 314 valence electrons. The van der Waals surface area contributed by atoms with Crippen LogP contribution >= 0.6 is 0 Å². The van der Waals surface area contributed by atoms with Crippen LogP contribution in [0.1, 0.15) is 187 Å². The second-order valence-electron chi connectivity index (χ2n) is 14.5. The van der Waals surface area contributed by atoms with Crippen LogP contribution in [0.15, 0.2) is 24.3 Å². The number of nitrogens with zero attached hydrogens (tertiary/aromatic N) is 1. The molecule has 0 bridgehead atoms. The van der Waals surface area contributed by atoms with E-state index in [-0.39, 0.29) is 24.8 Å². The minimum Gasteiger partial charge on any atom is -0.466 e. The first-order chi connectivity index (χ1) is 26.6. The Morgan fingerprint density at radius 2 is 1.04 bits per heavy atom. The SMILES string of the molecule is C#CCCCCCCCCOC(=O)CCCCCCCN(CCO)CCCCCCOC(=O)CCC(OCCCC/C=C\CC)OCCCC/C=C\CC. The number of aliphatic hydroxyl groups is 1. The smallest absolute Gasteiger partial charge is 0.305 e. The second kappa shape index (κ2) is 43.5. The molecule has 1 N–H and O–H groups in total. The van der Waals surface area contributed by atoms with Crippen LogP contribution < -0.4 is 0 Å². The number of terminal acetylenes is 1. The largest absolute Gasteiger partial charge is 0.466 e. The summed E-state index contributed by atoms with van der Waals surface area (Å²) in [6.45, 7) is 9.43. The van der Waals surface area contributed by atoms with E-state index >= 15 is 0 Å². The third-order valence-corrected chi connectivity index (χ3v) is 9.41. The topological polar surface area (TPSA) is 94.5 Å². The molecule has 0 aliphatic heterocycles. The molecule has 0 fully saturated rings. The van der Waals surface area contributed by atoms with Gasteiger partial charge in [0.25, 0.3) is 0 Å². The van der Waals surface area contributed by atoms with Crippen molar-refractivity contribution in [1.82, 2.24) is 4.90 Å². The Morgan fingerprint density at radius 3 is 1.56 bits per heavy atom. The number of hydrogen-bond donors (Lipinski definition) is 1. The quantitative estimate of drug-likeness (QED) is 0.0216. The minimum absolute atomic E-state index is 0.0646. The predicted octanol–water partition coefficient (Wildman–Crippen LogP) is 11.0. The molecule has 0 rings (SSSR count). The lowest BCUT2D eigenvalue weighted by atomic mass is 10.1. The van der Waals surface area contributed by atoms with E-state index in [4.69, 9.17) is 25.4 Å². The van der Waals surface area contributed by atoms with Gasteiger partial charge in [-0.15, -0.1) is 12.3 Å². The Kier molecular flexibility index (Phi) is 41.8. The molecular weight excluding hydrogens is 679 g/mol. The lowest BCUT2D eigenvalue weighted by molar-refractivity contribution is -0.159. The van der Waals surface area contributed by atoms with Crippen LogP contribution in [0.3, 0.4) is 0 Å². The Bertz CT molecular complexity index is 891. The van der Waals surface area contributed by atoms with Crippen molar-refractivity contribution in [3.8, 4) is 12.3 Å². The molecular formula is C46H83NO7. The number of unbranched alkanes of at least 4 members (excludes halogenated alkanes) is 17. The molecule has 8 heteroatoms. The summed E-state index contributed by atoms with van der Waals surface area (Å²) in [7, 11) is 0. The monoisotopic (exact) mass is 762 g/mol. The second-order valence-corrected chi connectivity index (χ2v) is 14.5. The van der Waals surface area contributed by atoms with E-state index in [0.717, 1.165) is 148 Å². The molecule has 0 aliphatic rings. The number of carbonyl (C=O) groups excluding carboxylic acids is 2. The summed E-state index contributed by atoms with van der Waals surface area (Å²) in [5, 5.41) is 9.53. The van der Waals surface area contributed by atoms with Crippen LogP contribution in [0, 0.1) is 12.3 Å². The summed E-state index contributed by atoms with van der Waals surface area (Å²) in [6, 6.07) is 0. The maximum atomic E-state index is 12.5. The van der Waals surface area contributed by atoms with Crippen molar-refractivity contribution < 1.29 is 33.6 Å². The normalized spacial score (nSPS) is 11.7. The lowest BCUT2D eigenvalue weighted by Crippen LogP contribution is -2.29. The van der Waals surface area contributed by atoms with Gasteiger partial charge in [-0.1, -0.05) is 95.9 Å². The van der Waals surface area contributed by atoms with Crippen LogP contribution in [0.4, 0.5) is 0 Å². The van der Waals surface area contributed by atoms with Gasteiger partial charge in [-0.05, 0) is 103 Å². The summed E-state index contributed by atoms with van der Waals surface area (Å²) in [5.74, 6) is 2.44. The molecule has 8 nitrogen and oxygen atoms in total. The van der Waals surface area contributed by atoms with Gasteiger partial charge in [0.2, 0.25) is 0 Å². The molecule has 0 aromatic heterocycles. The third-order valence-electron chi connectivity index (χ3n) is 9.41. The van der Waals surface area contributed by atoms with Gasteiger partial charge in [0.05, 0.1) is 26.2 Å². The first kappa shape index (κ1) is 51.8. The molecule has 0 spiro atoms. The summed E-state index contributed by atoms with van der Waals surface area (Å²) in [5.41, 5.74) is 0. The first-order valence-corrected chi connectivity index (χ1v) is 22.2. The summed E-state index contributed by atoms with van der Waals surface area (Å²) >= 11 is 0. The van der Waals surface area contributed by atoms with Gasteiger partial charge < -0.3 is 29.0 Å². The highest BCUT2D eigenvalue weighted by Gasteiger charge is 2.13. The van der Waals surface area contributed by atoms with Crippen LogP contribution in [0.25, 0.3) is 0 Å². The van der Waals surface area contributed by atoms with Gasteiger partial charge in [0.1, 0.15) is 0 Å². The zero-order valence-electron chi connectivity index (χ0n) is 35.1. The molecule has 0 unspecified atom stereocenters. The molecule has 0 saturated heterocycles. The van der Waals surface area contributed by atoms with Gasteiger partial charge in [0, 0.05) is 39.0 Å². The lowest BCUT2D eigenvalue weighted by Gasteiger charge is -2.21. The molecule has 0 atom stereocenters. The number of aliphatic hydroxyl groups excluding tert-OH is 1. The Labute approximate surface area is 332 Å². The summed E-state index contributed by atoms with van der Waals surface area (Å²) in [6.07, 6.45) is 40.5. The Hall–Kier alpha value is -2.18. The average molecular weight is 762 g/mol. The number of esters is 2. The van der Waals surface area contributed by atoms with Crippen molar-refractivity contribution >= 4 is 11.9 Å². The van der Waals surface area contributed by atoms with E-state index in [1.54, 1.807) is 0 Å². The Balaban J connectivity index is 3.97. The maximum absolute atomic E-state index is 12.5. The van der Waals surface area contributed by atoms with E-state index in [1.807, 2.05) is 0 Å². The minimum atomic E-state index is -0.363.